The van der Waals surface area contributed by atoms with Crippen molar-refractivity contribution in [3.05, 3.63) is 88.7 Å². The lowest BCUT2D eigenvalue weighted by Gasteiger charge is -2.31. The molecule has 8 heteroatoms. The van der Waals surface area contributed by atoms with Crippen molar-refractivity contribution in [2.24, 2.45) is 0 Å². The van der Waals surface area contributed by atoms with Crippen LogP contribution in [0.2, 0.25) is 0 Å². The molecule has 35 heavy (non-hydrogen) atoms. The number of furan rings is 1. The van der Waals surface area contributed by atoms with Gasteiger partial charge < -0.3 is 18.8 Å². The van der Waals surface area contributed by atoms with Crippen LogP contribution in [0.5, 0.6) is 5.75 Å². The first-order valence-electron chi connectivity index (χ1n) is 10.9. The van der Waals surface area contributed by atoms with Crippen LogP contribution >= 0.6 is 0 Å². The molecule has 1 amide bonds. The second-order valence-electron chi connectivity index (χ2n) is 8.08. The maximum atomic E-state index is 12.8. The van der Waals surface area contributed by atoms with Crippen LogP contribution in [-0.2, 0) is 11.3 Å². The number of nitriles is 1. The fourth-order valence-electron chi connectivity index (χ4n) is 4.25. The maximum absolute atomic E-state index is 12.8. The Kier molecular flexibility index (Phi) is 5.59. The molecule has 0 unspecified atom stereocenters. The fourth-order valence-corrected chi connectivity index (χ4v) is 4.25. The summed E-state index contributed by atoms with van der Waals surface area (Å²) in [5.74, 6) is -0.191. The highest BCUT2D eigenvalue weighted by Crippen LogP contribution is 2.34. The molecule has 5 rings (SSSR count). The second-order valence-corrected chi connectivity index (χ2v) is 8.08. The molecule has 1 aromatic heterocycles. The van der Waals surface area contributed by atoms with E-state index >= 15 is 0 Å². The van der Waals surface area contributed by atoms with Gasteiger partial charge in [0.05, 0.1) is 13.7 Å². The first-order valence-corrected chi connectivity index (χ1v) is 10.9. The summed E-state index contributed by atoms with van der Waals surface area (Å²) < 4.78 is 16.1. The van der Waals surface area contributed by atoms with Gasteiger partial charge in [-0.1, -0.05) is 30.3 Å². The Morgan fingerprint density at radius 1 is 1.09 bits per heavy atom. The van der Waals surface area contributed by atoms with Gasteiger partial charge in [-0.3, -0.25) is 10.1 Å². The van der Waals surface area contributed by atoms with Gasteiger partial charge in [0.25, 0.3) is 5.91 Å². The predicted octanol–water partition coefficient (Wildman–Crippen LogP) is 5.01. The minimum atomic E-state index is -0.703. The van der Waals surface area contributed by atoms with Gasteiger partial charge in [0, 0.05) is 16.8 Å². The van der Waals surface area contributed by atoms with Crippen LogP contribution in [0.1, 0.15) is 37.6 Å². The van der Waals surface area contributed by atoms with Crippen LogP contribution in [0, 0.1) is 18.3 Å². The summed E-state index contributed by atoms with van der Waals surface area (Å²) in [5, 5.41) is 14.4. The maximum Gasteiger partial charge on any atom is 0.342 e. The first kappa shape index (κ1) is 22.0. The Bertz CT molecular complexity index is 1500. The highest BCUT2D eigenvalue weighted by atomic mass is 16.5. The number of anilines is 2. The van der Waals surface area contributed by atoms with E-state index in [1.165, 1.54) is 14.0 Å². The SMILES string of the molecule is COC(=O)c1c(C)oc(NC(=O)c2ccc(N3COc4ccc5ccccc5c4C3)cc2)c1C#N. The summed E-state index contributed by atoms with van der Waals surface area (Å²) in [6.07, 6.45) is 0. The van der Waals surface area contributed by atoms with Gasteiger partial charge in [-0.05, 0) is 48.0 Å². The van der Waals surface area contributed by atoms with Crippen LogP contribution < -0.4 is 15.0 Å². The van der Waals surface area contributed by atoms with E-state index in [0.717, 1.165) is 27.8 Å². The van der Waals surface area contributed by atoms with Crippen molar-refractivity contribution < 1.29 is 23.5 Å². The van der Waals surface area contributed by atoms with Crippen LogP contribution in [0.4, 0.5) is 11.6 Å². The quantitative estimate of drug-likeness (QED) is 0.421. The summed E-state index contributed by atoms with van der Waals surface area (Å²) in [5.41, 5.74) is 2.32. The van der Waals surface area contributed by atoms with Crippen molar-refractivity contribution in [1.29, 1.82) is 5.26 Å². The summed E-state index contributed by atoms with van der Waals surface area (Å²) in [4.78, 5) is 26.9. The Balaban J connectivity index is 1.35. The largest absolute Gasteiger partial charge is 0.473 e. The van der Waals surface area contributed by atoms with E-state index in [4.69, 9.17) is 13.9 Å². The molecule has 174 valence electrons. The number of benzene rings is 3. The molecule has 4 aromatic rings. The molecule has 0 saturated heterocycles. The molecule has 0 spiro atoms. The smallest absolute Gasteiger partial charge is 0.342 e. The van der Waals surface area contributed by atoms with Crippen molar-refractivity contribution in [3.63, 3.8) is 0 Å². The van der Waals surface area contributed by atoms with Crippen LogP contribution in [0.25, 0.3) is 10.8 Å². The number of carbonyl (C=O) groups excluding carboxylic acids is 2. The van der Waals surface area contributed by atoms with Crippen molar-refractivity contribution in [3.8, 4) is 11.8 Å². The molecule has 0 aliphatic carbocycles. The average Bonchev–Trinajstić information content (AvgIpc) is 3.22. The monoisotopic (exact) mass is 467 g/mol. The normalized spacial score (nSPS) is 12.4. The number of amides is 1. The highest BCUT2D eigenvalue weighted by Gasteiger charge is 2.26. The van der Waals surface area contributed by atoms with Gasteiger partial charge in [0.1, 0.15) is 28.7 Å². The Hall–Kier alpha value is -4.77. The van der Waals surface area contributed by atoms with E-state index in [9.17, 15) is 14.9 Å². The zero-order chi connectivity index (χ0) is 24.5. The lowest BCUT2D eigenvalue weighted by atomic mass is 10.0. The number of fused-ring (bicyclic) bond motifs is 3. The number of hydrogen-bond donors (Lipinski definition) is 1. The number of nitrogens with one attached hydrogen (secondary N) is 1. The summed E-state index contributed by atoms with van der Waals surface area (Å²) in [6, 6.07) is 21.2. The topological polar surface area (TPSA) is 105 Å². The van der Waals surface area contributed by atoms with Gasteiger partial charge in [-0.25, -0.2) is 4.79 Å². The second kappa shape index (κ2) is 8.88. The Labute approximate surface area is 201 Å². The molecule has 3 aromatic carbocycles. The Morgan fingerprint density at radius 2 is 1.86 bits per heavy atom. The van der Waals surface area contributed by atoms with Crippen molar-refractivity contribution in [2.45, 2.75) is 13.5 Å². The van der Waals surface area contributed by atoms with E-state index in [1.807, 2.05) is 36.4 Å². The van der Waals surface area contributed by atoms with Crippen LogP contribution in [0.3, 0.4) is 0 Å². The van der Waals surface area contributed by atoms with E-state index in [1.54, 1.807) is 12.1 Å². The number of rotatable bonds is 4. The Morgan fingerprint density at radius 3 is 2.60 bits per heavy atom. The standard InChI is InChI=1S/C27H21N3O5/c1-16-24(27(32)33-2)21(13-28)26(35-16)29-25(31)18-7-10-19(11-8-18)30-14-22-20-6-4-3-5-17(20)9-12-23(22)34-15-30/h3-12H,14-15H2,1-2H3,(H,29,31). The van der Waals surface area contributed by atoms with Crippen molar-refractivity contribution in [1.82, 2.24) is 0 Å². The molecule has 2 heterocycles. The molecule has 0 saturated carbocycles. The third-order valence-corrected chi connectivity index (χ3v) is 6.03. The third-order valence-electron chi connectivity index (χ3n) is 6.03. The minimum Gasteiger partial charge on any atom is -0.473 e. The number of ether oxygens (including phenoxy) is 2. The fraction of sp³-hybridized carbons (Fsp3) is 0.148. The molecule has 0 radical (unpaired) electrons. The van der Waals surface area contributed by atoms with Gasteiger partial charge >= 0.3 is 5.97 Å². The molecular weight excluding hydrogens is 446 g/mol. The zero-order valence-electron chi connectivity index (χ0n) is 19.1. The number of hydrogen-bond acceptors (Lipinski definition) is 7. The van der Waals surface area contributed by atoms with Crippen LogP contribution in [-0.4, -0.2) is 25.7 Å². The molecule has 0 fully saturated rings. The van der Waals surface area contributed by atoms with Crippen molar-refractivity contribution in [2.75, 3.05) is 24.1 Å². The summed E-state index contributed by atoms with van der Waals surface area (Å²) >= 11 is 0. The molecule has 0 bridgehead atoms. The highest BCUT2D eigenvalue weighted by molar-refractivity contribution is 6.05. The lowest BCUT2D eigenvalue weighted by molar-refractivity contribution is 0.0598. The summed E-state index contributed by atoms with van der Waals surface area (Å²) in [6.45, 7) is 2.60. The van der Waals surface area contributed by atoms with E-state index in [0.29, 0.717) is 18.8 Å². The van der Waals surface area contributed by atoms with Crippen molar-refractivity contribution >= 4 is 34.2 Å². The number of nitrogens with zero attached hydrogens (tertiary/aromatic N) is 2. The number of methoxy groups -OCH3 is 1. The predicted molar refractivity (Wildman–Crippen MR) is 130 cm³/mol. The van der Waals surface area contributed by atoms with Gasteiger partial charge in [0.15, 0.2) is 6.73 Å². The first-order chi connectivity index (χ1) is 17.0. The molecule has 8 nitrogen and oxygen atoms in total. The van der Waals surface area contributed by atoms with E-state index in [-0.39, 0.29) is 22.8 Å². The van der Waals surface area contributed by atoms with E-state index in [2.05, 4.69) is 28.4 Å². The minimum absolute atomic E-state index is 0.00134. The molecule has 1 N–H and O–H groups in total. The lowest BCUT2D eigenvalue weighted by Crippen LogP contribution is -2.32. The van der Waals surface area contributed by atoms with Gasteiger partial charge in [-0.15, -0.1) is 0 Å². The molecule has 1 aliphatic rings. The van der Waals surface area contributed by atoms with Gasteiger partial charge in [-0.2, -0.15) is 5.26 Å². The number of esters is 1. The van der Waals surface area contributed by atoms with Gasteiger partial charge in [0.2, 0.25) is 5.88 Å². The van der Waals surface area contributed by atoms with E-state index < -0.39 is 11.9 Å². The molecule has 1 aliphatic heterocycles. The number of carbonyl (C=O) groups is 2. The van der Waals surface area contributed by atoms with Crippen LogP contribution in [0.15, 0.2) is 65.1 Å². The number of aryl methyl sites for hydroxylation is 1. The average molecular weight is 467 g/mol. The zero-order valence-corrected chi connectivity index (χ0v) is 19.1. The summed E-state index contributed by atoms with van der Waals surface area (Å²) in [7, 11) is 1.21. The molecular formula is C27H21N3O5. The molecule has 0 atom stereocenters. The third kappa shape index (κ3) is 3.93.